The van der Waals surface area contributed by atoms with Crippen molar-refractivity contribution in [2.75, 3.05) is 19.8 Å². The smallest absolute Gasteiger partial charge is 0.254 e. The van der Waals surface area contributed by atoms with Gasteiger partial charge in [0.25, 0.3) is 5.91 Å². The normalized spacial score (nSPS) is 11.7. The summed E-state index contributed by atoms with van der Waals surface area (Å²) in [6.45, 7) is 1.58. The lowest BCUT2D eigenvalue weighted by atomic mass is 10.1. The van der Waals surface area contributed by atoms with Crippen LogP contribution in [0.5, 0.6) is 5.75 Å². The fraction of sp³-hybridized carbons (Fsp3) is 0.333. The number of aromatic hydroxyl groups is 1. The van der Waals surface area contributed by atoms with Crippen LogP contribution in [0, 0.1) is 0 Å². The maximum atomic E-state index is 11.9. The summed E-state index contributed by atoms with van der Waals surface area (Å²) in [6, 6.07) is 3.43. The Bertz CT molecular complexity index is 472. The Balaban J connectivity index is 2.83. The molecule has 1 aromatic rings. The minimum atomic E-state index is -0.658. The lowest BCUT2D eigenvalue weighted by Crippen LogP contribution is -2.44. The zero-order valence-electron chi connectivity index (χ0n) is 10.6. The van der Waals surface area contributed by atoms with Crippen LogP contribution < -0.4 is 11.1 Å². The average Bonchev–Trinajstić information content (AvgIpc) is 2.30. The minimum absolute atomic E-state index is 0.0547. The molecule has 0 spiro atoms. The van der Waals surface area contributed by atoms with Gasteiger partial charge in [-0.25, -0.2) is 0 Å². The zero-order valence-corrected chi connectivity index (χ0v) is 10.6. The molecule has 0 aliphatic heterocycles. The van der Waals surface area contributed by atoms with Crippen LogP contribution in [0.15, 0.2) is 18.2 Å². The van der Waals surface area contributed by atoms with Gasteiger partial charge in [-0.2, -0.15) is 0 Å². The van der Waals surface area contributed by atoms with E-state index in [1.807, 2.05) is 0 Å². The van der Waals surface area contributed by atoms with E-state index in [2.05, 4.69) is 5.32 Å². The molecule has 0 saturated carbocycles. The van der Waals surface area contributed by atoms with Gasteiger partial charge in [-0.05, 0) is 25.1 Å². The molecule has 0 aliphatic carbocycles. The van der Waals surface area contributed by atoms with E-state index in [0.717, 1.165) is 0 Å². The van der Waals surface area contributed by atoms with Gasteiger partial charge in [0.05, 0.1) is 5.56 Å². The molecule has 1 aromatic carbocycles. The van der Waals surface area contributed by atoms with E-state index >= 15 is 0 Å². The van der Waals surface area contributed by atoms with E-state index in [1.54, 1.807) is 21.0 Å². The zero-order chi connectivity index (χ0) is 13.9. The minimum Gasteiger partial charge on any atom is -0.508 e. The number of carbonyl (C=O) groups excluding carboxylic acids is 2. The van der Waals surface area contributed by atoms with Crippen LogP contribution >= 0.6 is 0 Å². The number of carbonyl (C=O) groups is 2. The van der Waals surface area contributed by atoms with Crippen molar-refractivity contribution < 1.29 is 14.7 Å². The first-order valence-electron chi connectivity index (χ1n) is 5.43. The molecule has 1 unspecified atom stereocenters. The number of nitrogen functional groups attached to an aromatic ring is 1. The van der Waals surface area contributed by atoms with E-state index in [9.17, 15) is 14.7 Å². The number of anilines is 1. The second-order valence-electron chi connectivity index (χ2n) is 4.20. The molecular weight excluding hydrogens is 234 g/mol. The predicted molar refractivity (Wildman–Crippen MR) is 68.1 cm³/mol. The maximum Gasteiger partial charge on any atom is 0.254 e. The molecule has 0 saturated heterocycles. The third-order valence-electron chi connectivity index (χ3n) is 2.44. The molecular formula is C12H17N3O3. The van der Waals surface area contributed by atoms with Crippen molar-refractivity contribution in [2.24, 2.45) is 0 Å². The number of nitrogens with two attached hydrogens (primary N) is 1. The van der Waals surface area contributed by atoms with Crippen LogP contribution in [0.3, 0.4) is 0 Å². The van der Waals surface area contributed by atoms with Gasteiger partial charge in [-0.1, -0.05) is 0 Å². The lowest BCUT2D eigenvalue weighted by Gasteiger charge is -2.18. The molecule has 1 atom stereocenters. The Morgan fingerprint density at radius 3 is 2.56 bits per heavy atom. The summed E-state index contributed by atoms with van der Waals surface area (Å²) in [5.74, 6) is -0.769. The molecule has 0 fully saturated rings. The Morgan fingerprint density at radius 1 is 1.39 bits per heavy atom. The van der Waals surface area contributed by atoms with Gasteiger partial charge in [-0.15, -0.1) is 0 Å². The molecule has 0 heterocycles. The van der Waals surface area contributed by atoms with E-state index in [-0.39, 0.29) is 22.9 Å². The van der Waals surface area contributed by atoms with Crippen molar-refractivity contribution in [3.63, 3.8) is 0 Å². The highest BCUT2D eigenvalue weighted by molar-refractivity contribution is 6.01. The van der Waals surface area contributed by atoms with Crippen molar-refractivity contribution in [3.05, 3.63) is 23.8 Å². The standard InChI is InChI=1S/C12H17N3O3/c1-7(12(18)15(2)3)14-11(17)9-6-8(16)4-5-10(9)13/h4-7,16H,13H2,1-3H3,(H,14,17). The first-order valence-corrected chi connectivity index (χ1v) is 5.43. The van der Waals surface area contributed by atoms with Gasteiger partial charge < -0.3 is 21.1 Å². The van der Waals surface area contributed by atoms with Gasteiger partial charge in [0.2, 0.25) is 5.91 Å². The number of nitrogens with one attached hydrogen (secondary N) is 1. The molecule has 0 aromatic heterocycles. The number of phenolic OH excluding ortho intramolecular Hbond substituents is 1. The highest BCUT2D eigenvalue weighted by Crippen LogP contribution is 2.18. The van der Waals surface area contributed by atoms with Crippen LogP contribution in [-0.2, 0) is 4.79 Å². The molecule has 0 aliphatic rings. The van der Waals surface area contributed by atoms with Crippen LogP contribution in [0.2, 0.25) is 0 Å². The molecule has 0 bridgehead atoms. The molecule has 0 radical (unpaired) electrons. The Labute approximate surface area is 105 Å². The highest BCUT2D eigenvalue weighted by Gasteiger charge is 2.19. The first kappa shape index (κ1) is 13.8. The molecule has 18 heavy (non-hydrogen) atoms. The summed E-state index contributed by atoms with van der Waals surface area (Å²) in [6.07, 6.45) is 0. The SMILES string of the molecule is CC(NC(=O)c1cc(O)ccc1N)C(=O)N(C)C. The number of hydrogen-bond donors (Lipinski definition) is 3. The Morgan fingerprint density at radius 2 is 2.00 bits per heavy atom. The monoisotopic (exact) mass is 251 g/mol. The summed E-state index contributed by atoms with van der Waals surface area (Å²) < 4.78 is 0. The average molecular weight is 251 g/mol. The van der Waals surface area contributed by atoms with E-state index in [1.165, 1.54) is 23.1 Å². The van der Waals surface area contributed by atoms with E-state index in [0.29, 0.717) is 0 Å². The summed E-state index contributed by atoms with van der Waals surface area (Å²) in [5, 5.41) is 11.8. The number of phenols is 1. The molecule has 2 amide bonds. The van der Waals surface area contributed by atoms with Crippen molar-refractivity contribution in [3.8, 4) is 5.75 Å². The Hall–Kier alpha value is -2.24. The molecule has 1 rings (SSSR count). The third-order valence-corrected chi connectivity index (χ3v) is 2.44. The van der Waals surface area contributed by atoms with Gasteiger partial charge >= 0.3 is 0 Å². The van der Waals surface area contributed by atoms with Crippen molar-refractivity contribution in [1.29, 1.82) is 0 Å². The second-order valence-corrected chi connectivity index (χ2v) is 4.20. The maximum absolute atomic E-state index is 11.9. The molecule has 6 heteroatoms. The number of benzene rings is 1. The van der Waals surface area contributed by atoms with Crippen molar-refractivity contribution >= 4 is 17.5 Å². The van der Waals surface area contributed by atoms with Crippen molar-refractivity contribution in [2.45, 2.75) is 13.0 Å². The largest absolute Gasteiger partial charge is 0.508 e. The van der Waals surface area contributed by atoms with E-state index < -0.39 is 11.9 Å². The lowest BCUT2D eigenvalue weighted by molar-refractivity contribution is -0.130. The van der Waals surface area contributed by atoms with Gasteiger partial charge in [0.1, 0.15) is 11.8 Å². The number of rotatable bonds is 3. The number of likely N-dealkylation sites (N-methyl/N-ethyl adjacent to an activating group) is 1. The number of hydrogen-bond acceptors (Lipinski definition) is 4. The first-order chi connectivity index (χ1) is 8.32. The summed E-state index contributed by atoms with van der Waals surface area (Å²) in [5.41, 5.74) is 6.03. The van der Waals surface area contributed by atoms with Crippen LogP contribution in [0.25, 0.3) is 0 Å². The second kappa shape index (κ2) is 5.39. The van der Waals surface area contributed by atoms with Gasteiger partial charge in [0.15, 0.2) is 0 Å². The topological polar surface area (TPSA) is 95.7 Å². The van der Waals surface area contributed by atoms with Crippen molar-refractivity contribution in [1.82, 2.24) is 10.2 Å². The van der Waals surface area contributed by atoms with Gasteiger partial charge in [0, 0.05) is 19.8 Å². The predicted octanol–water partition coefficient (Wildman–Crippen LogP) is 0.181. The quantitative estimate of drug-likeness (QED) is 0.527. The van der Waals surface area contributed by atoms with Crippen LogP contribution in [-0.4, -0.2) is 42.0 Å². The summed E-state index contributed by atoms with van der Waals surface area (Å²) in [4.78, 5) is 24.9. The fourth-order valence-electron chi connectivity index (χ4n) is 1.46. The van der Waals surface area contributed by atoms with Gasteiger partial charge in [-0.3, -0.25) is 9.59 Å². The van der Waals surface area contributed by atoms with Crippen LogP contribution in [0.1, 0.15) is 17.3 Å². The number of nitrogens with zero attached hydrogens (tertiary/aromatic N) is 1. The number of amides is 2. The molecule has 98 valence electrons. The molecule has 4 N–H and O–H groups in total. The van der Waals surface area contributed by atoms with Crippen LogP contribution in [0.4, 0.5) is 5.69 Å². The summed E-state index contributed by atoms with van der Waals surface area (Å²) in [7, 11) is 3.21. The Kier molecular flexibility index (Phi) is 4.14. The van der Waals surface area contributed by atoms with E-state index in [4.69, 9.17) is 5.73 Å². The summed E-state index contributed by atoms with van der Waals surface area (Å²) >= 11 is 0. The fourth-order valence-corrected chi connectivity index (χ4v) is 1.46. The molecule has 6 nitrogen and oxygen atoms in total. The highest BCUT2D eigenvalue weighted by atomic mass is 16.3. The third kappa shape index (κ3) is 3.13.